The van der Waals surface area contributed by atoms with Crippen molar-refractivity contribution in [2.45, 2.75) is 63.8 Å². The van der Waals surface area contributed by atoms with Gasteiger partial charge in [0.15, 0.2) is 5.79 Å². The second-order valence-electron chi connectivity index (χ2n) is 5.94. The van der Waals surface area contributed by atoms with E-state index in [9.17, 15) is 0 Å². The van der Waals surface area contributed by atoms with E-state index in [1.54, 1.807) is 0 Å². The summed E-state index contributed by atoms with van der Waals surface area (Å²) in [6, 6.07) is 0. The van der Waals surface area contributed by atoms with Crippen LogP contribution in [0.15, 0.2) is 0 Å². The van der Waals surface area contributed by atoms with Crippen molar-refractivity contribution in [3.8, 4) is 0 Å². The molecule has 15 heavy (non-hydrogen) atoms. The normalized spacial score (nSPS) is 32.8. The van der Waals surface area contributed by atoms with E-state index >= 15 is 0 Å². The number of ether oxygens (including phenoxy) is 2. The lowest BCUT2D eigenvalue weighted by Gasteiger charge is -2.55. The van der Waals surface area contributed by atoms with Crippen LogP contribution in [-0.2, 0) is 9.47 Å². The molecule has 0 atom stereocenters. The van der Waals surface area contributed by atoms with Gasteiger partial charge in [-0.2, -0.15) is 0 Å². The maximum atomic E-state index is 5.93. The molecular weight excluding hydrogens is 190 g/mol. The van der Waals surface area contributed by atoms with E-state index in [1.807, 2.05) is 0 Å². The van der Waals surface area contributed by atoms with E-state index in [1.165, 1.54) is 0 Å². The Morgan fingerprint density at radius 1 is 0.933 bits per heavy atom. The topological polar surface area (TPSA) is 30.5 Å². The van der Waals surface area contributed by atoms with Crippen LogP contribution in [0.1, 0.15) is 47.0 Å². The lowest BCUT2D eigenvalue weighted by molar-refractivity contribution is -0.316. The summed E-state index contributed by atoms with van der Waals surface area (Å²) in [5.74, 6) is -0.402. The first-order valence-electron chi connectivity index (χ1n) is 5.94. The number of piperidine rings is 1. The molecule has 3 heteroatoms. The largest absolute Gasteiger partial charge is 0.348 e. The summed E-state index contributed by atoms with van der Waals surface area (Å²) in [6.07, 6.45) is 3.09. The zero-order chi connectivity index (χ0) is 11.2. The summed E-state index contributed by atoms with van der Waals surface area (Å²) in [6.45, 7) is 10.5. The Labute approximate surface area is 92.5 Å². The van der Waals surface area contributed by atoms with Gasteiger partial charge in [0, 0.05) is 12.0 Å². The fourth-order valence-corrected chi connectivity index (χ4v) is 2.87. The fraction of sp³-hybridized carbons (Fsp3) is 1.00. The monoisotopic (exact) mass is 213 g/mol. The van der Waals surface area contributed by atoms with E-state index in [2.05, 4.69) is 33.0 Å². The average Bonchev–Trinajstić information content (AvgIpc) is 2.13. The number of nitrogens with one attached hydrogen (secondary N) is 1. The van der Waals surface area contributed by atoms with Gasteiger partial charge in [-0.3, -0.25) is 0 Å². The van der Waals surface area contributed by atoms with Crippen molar-refractivity contribution in [1.29, 1.82) is 0 Å². The van der Waals surface area contributed by atoms with Crippen molar-refractivity contribution in [2.75, 3.05) is 13.2 Å². The van der Waals surface area contributed by atoms with E-state index in [0.717, 1.165) is 32.5 Å². The van der Waals surface area contributed by atoms with Crippen LogP contribution in [0.2, 0.25) is 0 Å². The van der Waals surface area contributed by atoms with E-state index in [4.69, 9.17) is 9.47 Å². The third-order valence-electron chi connectivity index (χ3n) is 3.64. The molecule has 0 saturated carbocycles. The van der Waals surface area contributed by atoms with Crippen molar-refractivity contribution in [1.82, 2.24) is 5.32 Å². The zero-order valence-electron chi connectivity index (χ0n) is 10.4. The Bertz CT molecular complexity index is 242. The Morgan fingerprint density at radius 2 is 1.53 bits per heavy atom. The first-order chi connectivity index (χ1) is 6.87. The molecule has 0 aromatic heterocycles. The van der Waals surface area contributed by atoms with Crippen molar-refractivity contribution in [3.63, 3.8) is 0 Å². The van der Waals surface area contributed by atoms with E-state index < -0.39 is 5.79 Å². The molecule has 2 aliphatic rings. The minimum absolute atomic E-state index is 0.116. The molecule has 0 bridgehead atoms. The Morgan fingerprint density at radius 3 is 2.07 bits per heavy atom. The van der Waals surface area contributed by atoms with Gasteiger partial charge in [0.2, 0.25) is 0 Å². The molecule has 1 N–H and O–H groups in total. The third kappa shape index (κ3) is 1.93. The van der Waals surface area contributed by atoms with Crippen molar-refractivity contribution < 1.29 is 9.47 Å². The van der Waals surface area contributed by atoms with E-state index in [-0.39, 0.29) is 11.1 Å². The molecule has 2 aliphatic heterocycles. The van der Waals surface area contributed by atoms with Gasteiger partial charge in [-0.1, -0.05) is 0 Å². The van der Waals surface area contributed by atoms with Crippen LogP contribution in [0.5, 0.6) is 0 Å². The van der Waals surface area contributed by atoms with Crippen LogP contribution in [-0.4, -0.2) is 30.1 Å². The summed E-state index contributed by atoms with van der Waals surface area (Å²) in [7, 11) is 0. The van der Waals surface area contributed by atoms with Crippen molar-refractivity contribution in [3.05, 3.63) is 0 Å². The van der Waals surface area contributed by atoms with Crippen molar-refractivity contribution >= 4 is 0 Å². The minimum Gasteiger partial charge on any atom is -0.348 e. The van der Waals surface area contributed by atoms with Gasteiger partial charge in [-0.05, 0) is 40.5 Å². The molecule has 2 saturated heterocycles. The molecule has 88 valence electrons. The van der Waals surface area contributed by atoms with Crippen LogP contribution in [0.25, 0.3) is 0 Å². The summed E-state index contributed by atoms with van der Waals surface area (Å²) in [5, 5.41) is 3.64. The molecule has 2 heterocycles. The highest BCUT2D eigenvalue weighted by molar-refractivity contribution is 5.05. The zero-order valence-corrected chi connectivity index (χ0v) is 10.4. The molecule has 0 aliphatic carbocycles. The lowest BCUT2D eigenvalue weighted by Crippen LogP contribution is -2.71. The van der Waals surface area contributed by atoms with Crippen molar-refractivity contribution in [2.24, 2.45) is 0 Å². The maximum absolute atomic E-state index is 5.93. The fourth-order valence-electron chi connectivity index (χ4n) is 2.87. The smallest absolute Gasteiger partial charge is 0.186 e. The Kier molecular flexibility index (Phi) is 2.61. The summed E-state index contributed by atoms with van der Waals surface area (Å²) in [4.78, 5) is 0. The molecule has 0 radical (unpaired) electrons. The van der Waals surface area contributed by atoms with Crippen LogP contribution in [0.4, 0.5) is 0 Å². The maximum Gasteiger partial charge on any atom is 0.186 e. The quantitative estimate of drug-likeness (QED) is 0.668. The minimum atomic E-state index is -0.402. The van der Waals surface area contributed by atoms with E-state index in [0.29, 0.717) is 0 Å². The molecular formula is C12H23NO2. The summed E-state index contributed by atoms with van der Waals surface area (Å²) < 4.78 is 11.9. The first kappa shape index (κ1) is 11.4. The molecule has 0 aromatic carbocycles. The number of hydrogen-bond donors (Lipinski definition) is 1. The molecule has 3 nitrogen and oxygen atoms in total. The van der Waals surface area contributed by atoms with Gasteiger partial charge in [-0.15, -0.1) is 0 Å². The highest BCUT2D eigenvalue weighted by atomic mass is 16.7. The highest BCUT2D eigenvalue weighted by Gasteiger charge is 2.54. The molecule has 2 fully saturated rings. The predicted molar refractivity (Wildman–Crippen MR) is 59.8 cm³/mol. The summed E-state index contributed by atoms with van der Waals surface area (Å²) >= 11 is 0. The second-order valence-corrected chi connectivity index (χ2v) is 5.94. The molecule has 0 amide bonds. The molecule has 0 unspecified atom stereocenters. The third-order valence-corrected chi connectivity index (χ3v) is 3.64. The highest BCUT2D eigenvalue weighted by Crippen LogP contribution is 2.41. The Hall–Kier alpha value is -0.120. The van der Waals surface area contributed by atoms with Crippen LogP contribution >= 0.6 is 0 Å². The van der Waals surface area contributed by atoms with Crippen LogP contribution in [0.3, 0.4) is 0 Å². The molecule has 2 rings (SSSR count). The molecule has 1 spiro atoms. The Balaban J connectivity index is 2.19. The first-order valence-corrected chi connectivity index (χ1v) is 5.94. The summed E-state index contributed by atoms with van der Waals surface area (Å²) in [5.41, 5.74) is 0.0636. The SMILES string of the molecule is CC1(C)CCC2(OCCCO2)C(C)(C)N1. The second kappa shape index (κ2) is 3.44. The van der Waals surface area contributed by atoms with Gasteiger partial charge < -0.3 is 14.8 Å². The van der Waals surface area contributed by atoms with Gasteiger partial charge in [0.25, 0.3) is 0 Å². The van der Waals surface area contributed by atoms with Crippen LogP contribution in [0, 0.1) is 0 Å². The van der Waals surface area contributed by atoms with Gasteiger partial charge in [0.05, 0.1) is 18.8 Å². The number of rotatable bonds is 0. The van der Waals surface area contributed by atoms with Crippen LogP contribution < -0.4 is 5.32 Å². The van der Waals surface area contributed by atoms with Gasteiger partial charge in [-0.25, -0.2) is 0 Å². The lowest BCUT2D eigenvalue weighted by atomic mass is 9.77. The molecule has 0 aromatic rings. The van der Waals surface area contributed by atoms with Gasteiger partial charge in [0.1, 0.15) is 0 Å². The predicted octanol–water partition coefficient (Wildman–Crippen LogP) is 2.06. The standard InChI is InChI=1S/C12H23NO2/c1-10(2)6-7-12(11(3,4)13-10)14-8-5-9-15-12/h13H,5-9H2,1-4H3. The average molecular weight is 213 g/mol. The van der Waals surface area contributed by atoms with Gasteiger partial charge >= 0.3 is 0 Å². The number of hydrogen-bond acceptors (Lipinski definition) is 3.